The van der Waals surface area contributed by atoms with Gasteiger partial charge in [0.1, 0.15) is 18.1 Å². The number of para-hydroxylation sites is 1. The first kappa shape index (κ1) is 27.7. The molecule has 4 aromatic rings. The summed E-state index contributed by atoms with van der Waals surface area (Å²) in [6, 6.07) is 29.5. The molecule has 0 aliphatic rings. The molecule has 0 unspecified atom stereocenters. The molecule has 202 valence electrons. The molecule has 0 atom stereocenters. The third-order valence-corrected chi connectivity index (χ3v) is 6.29. The fourth-order valence-electron chi connectivity index (χ4n) is 4.28. The topological polar surface area (TPSA) is 89.1 Å². The summed E-state index contributed by atoms with van der Waals surface area (Å²) >= 11 is 0. The predicted octanol–water partition coefficient (Wildman–Crippen LogP) is 5.42. The smallest absolute Gasteiger partial charge is 0.337 e. The minimum Gasteiger partial charge on any atom is -0.494 e. The predicted molar refractivity (Wildman–Crippen MR) is 153 cm³/mol. The molecule has 0 fully saturated rings. The lowest BCUT2D eigenvalue weighted by Gasteiger charge is -2.17. The second kappa shape index (κ2) is 14.0. The second-order valence-corrected chi connectivity index (χ2v) is 8.93. The van der Waals surface area contributed by atoms with Crippen molar-refractivity contribution >= 4 is 11.7 Å². The molecule has 0 saturated carbocycles. The fraction of sp³-hybridized carbons (Fsp3) is 0.219. The van der Waals surface area contributed by atoms with Crippen LogP contribution >= 0.6 is 0 Å². The highest BCUT2D eigenvalue weighted by molar-refractivity contribution is 5.89. The van der Waals surface area contributed by atoms with E-state index in [1.54, 1.807) is 19.2 Å². The van der Waals surface area contributed by atoms with Crippen molar-refractivity contribution in [2.24, 2.45) is 0 Å². The normalized spacial score (nSPS) is 10.6. The summed E-state index contributed by atoms with van der Waals surface area (Å²) in [7, 11) is 3.05. The molecule has 0 aliphatic carbocycles. The molecule has 0 bridgehead atoms. The molecular formula is C32H34N2O5. The Morgan fingerprint density at radius 1 is 0.846 bits per heavy atom. The number of anilines is 1. The van der Waals surface area contributed by atoms with Crippen molar-refractivity contribution in [2.75, 3.05) is 32.7 Å². The lowest BCUT2D eigenvalue weighted by atomic mass is 10.0. The van der Waals surface area contributed by atoms with Crippen LogP contribution in [0.15, 0.2) is 91.0 Å². The van der Waals surface area contributed by atoms with Crippen molar-refractivity contribution in [2.45, 2.75) is 19.7 Å². The van der Waals surface area contributed by atoms with Gasteiger partial charge in [-0.1, -0.05) is 60.7 Å². The van der Waals surface area contributed by atoms with E-state index in [0.717, 1.165) is 45.0 Å². The van der Waals surface area contributed by atoms with Gasteiger partial charge in [-0.15, -0.1) is 0 Å². The summed E-state index contributed by atoms with van der Waals surface area (Å²) in [5.74, 6) is 1.19. The van der Waals surface area contributed by atoms with Crippen molar-refractivity contribution in [1.29, 1.82) is 0 Å². The first-order valence-corrected chi connectivity index (χ1v) is 12.8. The first-order chi connectivity index (χ1) is 19.1. The minimum atomic E-state index is -0.367. The molecule has 4 rings (SSSR count). The number of carbonyl (C=O) groups is 1. The number of carbonyl (C=O) groups excluding carboxylic acids is 1. The third-order valence-electron chi connectivity index (χ3n) is 6.29. The van der Waals surface area contributed by atoms with E-state index >= 15 is 0 Å². The highest BCUT2D eigenvalue weighted by Gasteiger charge is 2.12. The van der Waals surface area contributed by atoms with Gasteiger partial charge in [0.05, 0.1) is 32.1 Å². The van der Waals surface area contributed by atoms with Gasteiger partial charge in [-0.3, -0.25) is 0 Å². The van der Waals surface area contributed by atoms with Gasteiger partial charge in [-0.05, 0) is 47.0 Å². The Labute approximate surface area is 229 Å². The number of hydrogen-bond acceptors (Lipinski definition) is 7. The molecule has 0 amide bonds. The zero-order valence-electron chi connectivity index (χ0n) is 22.3. The maximum atomic E-state index is 11.7. The van der Waals surface area contributed by atoms with E-state index < -0.39 is 0 Å². The number of aliphatic hydroxyl groups is 1. The number of nitrogens with one attached hydrogen (secondary N) is 2. The van der Waals surface area contributed by atoms with Crippen LogP contribution in [-0.4, -0.2) is 38.4 Å². The maximum absolute atomic E-state index is 11.7. The summed E-state index contributed by atoms with van der Waals surface area (Å²) in [6.07, 6.45) is 0. The van der Waals surface area contributed by atoms with Crippen LogP contribution < -0.4 is 20.1 Å². The van der Waals surface area contributed by atoms with Crippen LogP contribution in [0.1, 0.15) is 27.0 Å². The van der Waals surface area contributed by atoms with Crippen LogP contribution in [0.2, 0.25) is 0 Å². The van der Waals surface area contributed by atoms with Gasteiger partial charge in [0.25, 0.3) is 0 Å². The van der Waals surface area contributed by atoms with Crippen LogP contribution in [0.5, 0.6) is 11.5 Å². The van der Waals surface area contributed by atoms with E-state index in [4.69, 9.17) is 14.2 Å². The van der Waals surface area contributed by atoms with Crippen molar-refractivity contribution in [1.82, 2.24) is 5.32 Å². The van der Waals surface area contributed by atoms with Gasteiger partial charge < -0.3 is 30.0 Å². The Kier molecular flexibility index (Phi) is 9.94. The molecule has 3 N–H and O–H groups in total. The number of benzene rings is 4. The number of rotatable bonds is 13. The summed E-state index contributed by atoms with van der Waals surface area (Å²) < 4.78 is 16.7. The Morgan fingerprint density at radius 3 is 2.33 bits per heavy atom. The van der Waals surface area contributed by atoms with Gasteiger partial charge in [0, 0.05) is 30.8 Å². The molecule has 7 heteroatoms. The number of ether oxygens (including phenoxy) is 3. The monoisotopic (exact) mass is 526 g/mol. The Bertz CT molecular complexity index is 1360. The first-order valence-electron chi connectivity index (χ1n) is 12.8. The molecular weight excluding hydrogens is 492 g/mol. The minimum absolute atomic E-state index is 0.0571. The lowest BCUT2D eigenvalue weighted by molar-refractivity contribution is 0.0600. The largest absolute Gasteiger partial charge is 0.494 e. The molecule has 0 heterocycles. The zero-order chi connectivity index (χ0) is 27.5. The van der Waals surface area contributed by atoms with Crippen molar-refractivity contribution in [3.8, 4) is 22.6 Å². The van der Waals surface area contributed by atoms with Crippen molar-refractivity contribution < 1.29 is 24.1 Å². The van der Waals surface area contributed by atoms with Gasteiger partial charge >= 0.3 is 5.97 Å². The number of esters is 1. The molecule has 0 aliphatic heterocycles. The third kappa shape index (κ3) is 7.37. The van der Waals surface area contributed by atoms with Crippen LogP contribution in [0.25, 0.3) is 11.1 Å². The van der Waals surface area contributed by atoms with E-state index in [1.807, 2.05) is 54.6 Å². The molecule has 0 aromatic heterocycles. The van der Waals surface area contributed by atoms with Crippen LogP contribution in [0, 0.1) is 0 Å². The quantitative estimate of drug-likeness (QED) is 0.158. The average Bonchev–Trinajstić information content (AvgIpc) is 2.99. The van der Waals surface area contributed by atoms with Crippen molar-refractivity contribution in [3.05, 3.63) is 113 Å². The molecule has 4 aromatic carbocycles. The summed E-state index contributed by atoms with van der Waals surface area (Å²) in [5.41, 5.74) is 6.54. The van der Waals surface area contributed by atoms with Crippen molar-refractivity contribution in [3.63, 3.8) is 0 Å². The highest BCUT2D eigenvalue weighted by atomic mass is 16.5. The molecule has 0 spiro atoms. The SMILES string of the molecule is COC(=O)c1ccc(COc2ccc(CNc3cccc(-c4ccccc4)c3OC)cc2CNCCO)cc1. The summed E-state index contributed by atoms with van der Waals surface area (Å²) in [6.45, 7) is 2.05. The molecule has 39 heavy (non-hydrogen) atoms. The van der Waals surface area contributed by atoms with E-state index in [2.05, 4.69) is 34.9 Å². The van der Waals surface area contributed by atoms with Gasteiger partial charge in [0.15, 0.2) is 0 Å². The summed E-state index contributed by atoms with van der Waals surface area (Å²) in [4.78, 5) is 11.7. The zero-order valence-corrected chi connectivity index (χ0v) is 22.3. The highest BCUT2D eigenvalue weighted by Crippen LogP contribution is 2.36. The second-order valence-electron chi connectivity index (χ2n) is 8.93. The number of aliphatic hydroxyl groups excluding tert-OH is 1. The van der Waals surface area contributed by atoms with Gasteiger partial charge in [0.2, 0.25) is 0 Å². The molecule has 0 radical (unpaired) electrons. The van der Waals surface area contributed by atoms with Gasteiger partial charge in [-0.2, -0.15) is 0 Å². The van der Waals surface area contributed by atoms with E-state index in [-0.39, 0.29) is 12.6 Å². The van der Waals surface area contributed by atoms with E-state index in [1.165, 1.54) is 7.11 Å². The number of methoxy groups -OCH3 is 2. The maximum Gasteiger partial charge on any atom is 0.337 e. The fourth-order valence-corrected chi connectivity index (χ4v) is 4.28. The Balaban J connectivity index is 1.48. The average molecular weight is 527 g/mol. The molecule has 7 nitrogen and oxygen atoms in total. The Hall–Kier alpha value is -4.33. The van der Waals surface area contributed by atoms with Crippen LogP contribution in [0.4, 0.5) is 5.69 Å². The lowest BCUT2D eigenvalue weighted by Crippen LogP contribution is -2.18. The van der Waals surface area contributed by atoms with Crippen LogP contribution in [0.3, 0.4) is 0 Å². The molecule has 0 saturated heterocycles. The Morgan fingerprint density at radius 2 is 1.62 bits per heavy atom. The van der Waals surface area contributed by atoms with E-state index in [0.29, 0.717) is 31.8 Å². The number of hydrogen-bond donors (Lipinski definition) is 3. The van der Waals surface area contributed by atoms with Gasteiger partial charge in [-0.25, -0.2) is 4.79 Å². The summed E-state index contributed by atoms with van der Waals surface area (Å²) in [5, 5.41) is 16.0. The van der Waals surface area contributed by atoms with E-state index in [9.17, 15) is 9.90 Å². The standard InChI is InChI=1S/C32H34N2O5/c1-37-31-28(25-7-4-3-5-8-25)9-6-10-29(31)34-20-24-13-16-30(27(19-24)21-33-17-18-35)39-22-23-11-14-26(15-12-23)32(36)38-2/h3-16,19,33-35H,17-18,20-22H2,1-2H3. The van der Waals surface area contributed by atoms with Crippen LogP contribution in [-0.2, 0) is 24.4 Å².